The Balaban J connectivity index is 2.17. The van der Waals surface area contributed by atoms with Crippen LogP contribution in [0.2, 0.25) is 0 Å². The minimum atomic E-state index is 0.699. The van der Waals surface area contributed by atoms with Crippen molar-refractivity contribution in [1.29, 1.82) is 0 Å². The highest BCUT2D eigenvalue weighted by atomic mass is 16.5. The van der Waals surface area contributed by atoms with Gasteiger partial charge in [-0.2, -0.15) is 5.10 Å². The van der Waals surface area contributed by atoms with Crippen molar-refractivity contribution < 1.29 is 9.47 Å². The third-order valence-corrected chi connectivity index (χ3v) is 2.88. The fraction of sp³-hybridized carbons (Fsp3) is 0.786. The van der Waals surface area contributed by atoms with Crippen molar-refractivity contribution in [3.05, 3.63) is 18.0 Å². The molecule has 0 unspecified atom stereocenters. The average Bonchev–Trinajstić information content (AvgIpc) is 2.81. The summed E-state index contributed by atoms with van der Waals surface area (Å²) in [6, 6.07) is 2.04. The van der Waals surface area contributed by atoms with Crippen LogP contribution < -0.4 is 5.32 Å². The lowest BCUT2D eigenvalue weighted by atomic mass is 10.1. The Morgan fingerprint density at radius 3 is 2.89 bits per heavy atom. The number of methoxy groups -OCH3 is 1. The third kappa shape index (κ3) is 7.30. The van der Waals surface area contributed by atoms with Crippen molar-refractivity contribution in [2.75, 3.05) is 33.5 Å². The van der Waals surface area contributed by atoms with E-state index >= 15 is 0 Å². The van der Waals surface area contributed by atoms with Gasteiger partial charge in [0, 0.05) is 33.0 Å². The Morgan fingerprint density at radius 1 is 1.32 bits per heavy atom. The van der Waals surface area contributed by atoms with Crippen LogP contribution in [0.15, 0.2) is 12.3 Å². The Morgan fingerprint density at radius 2 is 2.16 bits per heavy atom. The minimum absolute atomic E-state index is 0.699. The van der Waals surface area contributed by atoms with Crippen LogP contribution >= 0.6 is 0 Å². The zero-order valence-corrected chi connectivity index (χ0v) is 12.4. The molecular weight excluding hydrogens is 242 g/mol. The first-order valence-electron chi connectivity index (χ1n) is 7.02. The number of rotatable bonds is 11. The van der Waals surface area contributed by atoms with Crippen LogP contribution in [-0.4, -0.2) is 43.3 Å². The van der Waals surface area contributed by atoms with Gasteiger partial charge in [-0.3, -0.25) is 4.68 Å². The van der Waals surface area contributed by atoms with Crippen LogP contribution in [0.4, 0.5) is 0 Å². The molecule has 0 spiro atoms. The van der Waals surface area contributed by atoms with Gasteiger partial charge in [-0.15, -0.1) is 0 Å². The summed E-state index contributed by atoms with van der Waals surface area (Å²) in [5.74, 6) is 0.699. The molecule has 0 amide bonds. The van der Waals surface area contributed by atoms with Crippen LogP contribution in [0.25, 0.3) is 0 Å². The number of nitrogens with one attached hydrogen (secondary N) is 1. The molecule has 5 nitrogen and oxygen atoms in total. The molecule has 0 fully saturated rings. The van der Waals surface area contributed by atoms with Crippen LogP contribution in [-0.2, 0) is 22.6 Å². The van der Waals surface area contributed by atoms with E-state index in [0.717, 1.165) is 45.9 Å². The molecule has 0 aliphatic carbocycles. The van der Waals surface area contributed by atoms with E-state index in [2.05, 4.69) is 24.3 Å². The number of ether oxygens (including phenoxy) is 2. The molecule has 1 aromatic heterocycles. The monoisotopic (exact) mass is 269 g/mol. The molecule has 1 aromatic rings. The summed E-state index contributed by atoms with van der Waals surface area (Å²) >= 11 is 0. The van der Waals surface area contributed by atoms with E-state index in [4.69, 9.17) is 9.47 Å². The first-order chi connectivity index (χ1) is 9.24. The Labute approximate surface area is 116 Å². The maximum absolute atomic E-state index is 5.61. The summed E-state index contributed by atoms with van der Waals surface area (Å²) in [6.45, 7) is 9.18. The van der Waals surface area contributed by atoms with E-state index in [0.29, 0.717) is 5.92 Å². The van der Waals surface area contributed by atoms with Gasteiger partial charge >= 0.3 is 0 Å². The van der Waals surface area contributed by atoms with E-state index < -0.39 is 0 Å². The predicted molar refractivity (Wildman–Crippen MR) is 76.1 cm³/mol. The average molecular weight is 269 g/mol. The molecule has 0 aromatic carbocycles. The zero-order valence-electron chi connectivity index (χ0n) is 12.4. The molecule has 0 aliphatic rings. The fourth-order valence-electron chi connectivity index (χ4n) is 1.67. The van der Waals surface area contributed by atoms with Crippen molar-refractivity contribution >= 4 is 0 Å². The molecule has 110 valence electrons. The van der Waals surface area contributed by atoms with E-state index in [-0.39, 0.29) is 0 Å². The highest BCUT2D eigenvalue weighted by molar-refractivity contribution is 4.99. The zero-order chi connectivity index (χ0) is 13.9. The van der Waals surface area contributed by atoms with Crippen molar-refractivity contribution in [2.24, 2.45) is 5.92 Å². The molecule has 0 aliphatic heterocycles. The highest BCUT2D eigenvalue weighted by Gasteiger charge is 2.02. The quantitative estimate of drug-likeness (QED) is 0.621. The Hall–Kier alpha value is -0.910. The summed E-state index contributed by atoms with van der Waals surface area (Å²) in [6.07, 6.45) is 2.95. The third-order valence-electron chi connectivity index (χ3n) is 2.88. The molecule has 0 saturated carbocycles. The second-order valence-corrected chi connectivity index (χ2v) is 5.01. The molecule has 0 saturated heterocycles. The normalized spacial score (nSPS) is 11.4. The Kier molecular flexibility index (Phi) is 8.45. The van der Waals surface area contributed by atoms with E-state index in [9.17, 15) is 0 Å². The van der Waals surface area contributed by atoms with Gasteiger partial charge in [0.15, 0.2) is 0 Å². The second-order valence-electron chi connectivity index (χ2n) is 5.01. The first kappa shape index (κ1) is 16.1. The largest absolute Gasteiger partial charge is 0.383 e. The van der Waals surface area contributed by atoms with Crippen LogP contribution in [0, 0.1) is 5.92 Å². The van der Waals surface area contributed by atoms with Crippen molar-refractivity contribution in [3.8, 4) is 0 Å². The van der Waals surface area contributed by atoms with Gasteiger partial charge in [0.05, 0.1) is 25.5 Å². The van der Waals surface area contributed by atoms with Gasteiger partial charge < -0.3 is 14.8 Å². The lowest BCUT2D eigenvalue weighted by Crippen LogP contribution is -2.21. The molecule has 0 bridgehead atoms. The lowest BCUT2D eigenvalue weighted by Gasteiger charge is -2.10. The molecule has 0 atom stereocenters. The molecule has 19 heavy (non-hydrogen) atoms. The molecule has 1 N–H and O–H groups in total. The van der Waals surface area contributed by atoms with Gasteiger partial charge in [-0.1, -0.05) is 13.8 Å². The first-order valence-corrected chi connectivity index (χ1v) is 7.02. The summed E-state index contributed by atoms with van der Waals surface area (Å²) in [5.41, 5.74) is 1.18. The standard InChI is InChI=1S/C14H27N3O2/c1-13(2)5-9-19-11-8-17-14(4-6-16-17)12-15-7-10-18-3/h4,6,13,15H,5,7-12H2,1-3H3. The summed E-state index contributed by atoms with van der Waals surface area (Å²) < 4.78 is 12.6. The molecule has 5 heteroatoms. The smallest absolute Gasteiger partial charge is 0.0662 e. The fourth-order valence-corrected chi connectivity index (χ4v) is 1.67. The number of nitrogens with zero attached hydrogens (tertiary/aromatic N) is 2. The molecule has 1 rings (SSSR count). The molecular formula is C14H27N3O2. The minimum Gasteiger partial charge on any atom is -0.383 e. The number of hydrogen-bond acceptors (Lipinski definition) is 4. The predicted octanol–water partition coefficient (Wildman–Crippen LogP) is 1.68. The van der Waals surface area contributed by atoms with E-state index in [1.165, 1.54) is 5.69 Å². The lowest BCUT2D eigenvalue weighted by molar-refractivity contribution is 0.113. The summed E-state index contributed by atoms with van der Waals surface area (Å²) in [7, 11) is 1.71. The van der Waals surface area contributed by atoms with E-state index in [1.807, 2.05) is 16.9 Å². The van der Waals surface area contributed by atoms with Gasteiger partial charge in [-0.05, 0) is 18.4 Å². The Bertz CT molecular complexity index is 326. The highest BCUT2D eigenvalue weighted by Crippen LogP contribution is 2.01. The molecule has 1 heterocycles. The maximum atomic E-state index is 5.61. The maximum Gasteiger partial charge on any atom is 0.0662 e. The van der Waals surface area contributed by atoms with E-state index in [1.54, 1.807) is 7.11 Å². The van der Waals surface area contributed by atoms with Gasteiger partial charge in [0.2, 0.25) is 0 Å². The second kappa shape index (κ2) is 9.95. The van der Waals surface area contributed by atoms with Crippen molar-refractivity contribution in [2.45, 2.75) is 33.4 Å². The van der Waals surface area contributed by atoms with Crippen molar-refractivity contribution in [1.82, 2.24) is 15.1 Å². The summed E-state index contributed by atoms with van der Waals surface area (Å²) in [5, 5.41) is 7.63. The topological polar surface area (TPSA) is 48.3 Å². The van der Waals surface area contributed by atoms with Gasteiger partial charge in [0.25, 0.3) is 0 Å². The summed E-state index contributed by atoms with van der Waals surface area (Å²) in [4.78, 5) is 0. The number of aromatic nitrogens is 2. The van der Waals surface area contributed by atoms with Gasteiger partial charge in [0.1, 0.15) is 0 Å². The van der Waals surface area contributed by atoms with Crippen molar-refractivity contribution in [3.63, 3.8) is 0 Å². The molecule has 0 radical (unpaired) electrons. The van der Waals surface area contributed by atoms with Crippen LogP contribution in [0.1, 0.15) is 26.0 Å². The van der Waals surface area contributed by atoms with Crippen LogP contribution in [0.3, 0.4) is 0 Å². The number of hydrogen-bond donors (Lipinski definition) is 1. The van der Waals surface area contributed by atoms with Gasteiger partial charge in [-0.25, -0.2) is 0 Å². The van der Waals surface area contributed by atoms with Crippen LogP contribution in [0.5, 0.6) is 0 Å². The SMILES string of the molecule is COCCNCc1ccnn1CCOCCC(C)C.